The number of rotatable bonds is 8. The lowest BCUT2D eigenvalue weighted by Gasteiger charge is -2.28. The van der Waals surface area contributed by atoms with Gasteiger partial charge in [-0.2, -0.15) is 0 Å². The van der Waals surface area contributed by atoms with E-state index < -0.39 is 5.97 Å². The van der Waals surface area contributed by atoms with Gasteiger partial charge in [0, 0.05) is 18.1 Å². The van der Waals surface area contributed by atoms with Crippen LogP contribution in [-0.4, -0.2) is 44.2 Å². The van der Waals surface area contributed by atoms with Crippen LogP contribution in [0.3, 0.4) is 0 Å². The summed E-state index contributed by atoms with van der Waals surface area (Å²) in [6.07, 6.45) is 5.15. The van der Waals surface area contributed by atoms with E-state index in [9.17, 15) is 14.7 Å². The minimum atomic E-state index is -0.413. The maximum atomic E-state index is 12.5. The van der Waals surface area contributed by atoms with Gasteiger partial charge in [0.15, 0.2) is 0 Å². The highest BCUT2D eigenvalue weighted by Crippen LogP contribution is 2.38. The van der Waals surface area contributed by atoms with Crippen molar-refractivity contribution >= 4 is 23.0 Å². The number of aromatic nitrogens is 3. The summed E-state index contributed by atoms with van der Waals surface area (Å²) in [6.45, 7) is 9.58. The van der Waals surface area contributed by atoms with Crippen LogP contribution in [0.2, 0.25) is 0 Å². The van der Waals surface area contributed by atoms with Crippen molar-refractivity contribution in [2.45, 2.75) is 83.3 Å². The Kier molecular flexibility index (Phi) is 7.95. The molecule has 1 aliphatic carbocycles. The first-order valence-corrected chi connectivity index (χ1v) is 12.9. The monoisotopic (exact) mass is 505 g/mol. The second kappa shape index (κ2) is 11.2. The number of ether oxygens (including phenoxy) is 2. The highest BCUT2D eigenvalue weighted by Gasteiger charge is 2.27. The van der Waals surface area contributed by atoms with Crippen LogP contribution in [0.25, 0.3) is 16.7 Å². The van der Waals surface area contributed by atoms with Gasteiger partial charge in [-0.3, -0.25) is 4.79 Å². The molecule has 1 fully saturated rings. The fraction of sp³-hybridized carbons (Fsp3) is 0.448. The highest BCUT2D eigenvalue weighted by molar-refractivity contribution is 5.81. The quantitative estimate of drug-likeness (QED) is 0.326. The summed E-state index contributed by atoms with van der Waals surface area (Å²) < 4.78 is 10.9. The first-order chi connectivity index (χ1) is 17.7. The van der Waals surface area contributed by atoms with Crippen LogP contribution < -0.4 is 0 Å². The van der Waals surface area contributed by atoms with E-state index in [1.54, 1.807) is 0 Å². The van der Waals surface area contributed by atoms with Gasteiger partial charge < -0.3 is 14.6 Å². The van der Waals surface area contributed by atoms with Crippen molar-refractivity contribution in [1.29, 1.82) is 0 Å². The molecule has 8 heteroatoms. The van der Waals surface area contributed by atoms with E-state index in [4.69, 9.17) is 9.47 Å². The highest BCUT2D eigenvalue weighted by atomic mass is 16.6. The largest absolute Gasteiger partial charge is 0.505 e. The molecule has 1 saturated carbocycles. The topological polar surface area (TPSA) is 104 Å². The van der Waals surface area contributed by atoms with Crippen molar-refractivity contribution in [2.24, 2.45) is 0 Å². The molecule has 0 radical (unpaired) electrons. The SMILES string of the molecule is C=CC(=O)OC1CCC(OC(=O)CCCc2ccc(-n3nc4ccccc4n3)c(O)c2C(C)(C)C)CC1. The fourth-order valence-electron chi connectivity index (χ4n) is 4.94. The summed E-state index contributed by atoms with van der Waals surface area (Å²) in [5.74, 6) is -0.484. The molecule has 1 N–H and O–H groups in total. The molecule has 8 nitrogen and oxygen atoms in total. The van der Waals surface area contributed by atoms with Crippen molar-refractivity contribution in [1.82, 2.24) is 15.0 Å². The van der Waals surface area contributed by atoms with Crippen molar-refractivity contribution < 1.29 is 24.2 Å². The number of hydrogen-bond acceptors (Lipinski definition) is 7. The summed E-state index contributed by atoms with van der Waals surface area (Å²) in [4.78, 5) is 25.3. The normalized spacial score (nSPS) is 17.9. The van der Waals surface area contributed by atoms with E-state index in [0.717, 1.165) is 22.2 Å². The van der Waals surface area contributed by atoms with Gasteiger partial charge in [-0.1, -0.05) is 45.5 Å². The Morgan fingerprint density at radius 2 is 1.62 bits per heavy atom. The molecule has 2 aromatic carbocycles. The molecule has 37 heavy (non-hydrogen) atoms. The third kappa shape index (κ3) is 6.37. The first-order valence-electron chi connectivity index (χ1n) is 12.9. The third-order valence-electron chi connectivity index (χ3n) is 6.69. The second-order valence-corrected chi connectivity index (χ2v) is 10.6. The zero-order valence-electron chi connectivity index (χ0n) is 21.8. The van der Waals surface area contributed by atoms with Crippen LogP contribution in [0.1, 0.15) is 70.4 Å². The number of carbonyl (C=O) groups is 2. The van der Waals surface area contributed by atoms with Gasteiger partial charge in [0.1, 0.15) is 34.7 Å². The predicted octanol–water partition coefficient (Wildman–Crippen LogP) is 5.33. The Morgan fingerprint density at radius 3 is 2.19 bits per heavy atom. The molecule has 0 aliphatic heterocycles. The van der Waals surface area contributed by atoms with E-state index in [0.29, 0.717) is 50.6 Å². The van der Waals surface area contributed by atoms with Gasteiger partial charge in [0.25, 0.3) is 0 Å². The molecule has 0 amide bonds. The predicted molar refractivity (Wildman–Crippen MR) is 141 cm³/mol. The molecule has 4 rings (SSSR count). The number of fused-ring (bicyclic) bond motifs is 1. The van der Waals surface area contributed by atoms with Gasteiger partial charge in [0.05, 0.1) is 0 Å². The number of carbonyl (C=O) groups excluding carboxylic acids is 2. The fourth-order valence-corrected chi connectivity index (χ4v) is 4.94. The summed E-state index contributed by atoms with van der Waals surface area (Å²) in [5, 5.41) is 20.3. The molecule has 1 aromatic heterocycles. The van der Waals surface area contributed by atoms with Gasteiger partial charge in [-0.05, 0) is 67.7 Å². The standard InChI is InChI=1S/C29H35N3O5/c1-5-25(33)36-20-14-16-21(17-15-20)37-26(34)12-8-9-19-13-18-24(28(35)27(19)29(2,3)4)32-30-22-10-6-7-11-23(22)31-32/h5-7,10-11,13,18,20-21,35H,1,8-9,12,14-17H2,2-4H3. The zero-order valence-corrected chi connectivity index (χ0v) is 21.8. The van der Waals surface area contributed by atoms with Crippen LogP contribution in [-0.2, 0) is 30.9 Å². The molecule has 0 spiro atoms. The van der Waals surface area contributed by atoms with Gasteiger partial charge in [0.2, 0.25) is 0 Å². The van der Waals surface area contributed by atoms with E-state index in [-0.39, 0.29) is 29.3 Å². The van der Waals surface area contributed by atoms with Gasteiger partial charge in [-0.25, -0.2) is 4.79 Å². The molecule has 0 unspecified atom stereocenters. The Bertz CT molecular complexity index is 1250. The van der Waals surface area contributed by atoms with Gasteiger partial charge in [-0.15, -0.1) is 15.0 Å². The minimum Gasteiger partial charge on any atom is -0.505 e. The van der Waals surface area contributed by atoms with Crippen LogP contribution >= 0.6 is 0 Å². The molecule has 1 aliphatic rings. The second-order valence-electron chi connectivity index (χ2n) is 10.6. The lowest BCUT2D eigenvalue weighted by Crippen LogP contribution is -2.29. The summed E-state index contributed by atoms with van der Waals surface area (Å²) in [5.41, 5.74) is 3.53. The number of esters is 2. The molecular weight excluding hydrogens is 470 g/mol. The maximum absolute atomic E-state index is 12.5. The number of aryl methyl sites for hydroxylation is 1. The van der Waals surface area contributed by atoms with E-state index in [1.165, 1.54) is 10.9 Å². The summed E-state index contributed by atoms with van der Waals surface area (Å²) in [7, 11) is 0. The summed E-state index contributed by atoms with van der Waals surface area (Å²) in [6, 6.07) is 11.4. The number of phenols is 1. The first kappa shape index (κ1) is 26.4. The lowest BCUT2D eigenvalue weighted by atomic mass is 9.81. The number of nitrogens with zero attached hydrogens (tertiary/aromatic N) is 3. The van der Waals surface area contributed by atoms with Crippen molar-refractivity contribution in [3.63, 3.8) is 0 Å². The summed E-state index contributed by atoms with van der Waals surface area (Å²) >= 11 is 0. The maximum Gasteiger partial charge on any atom is 0.330 e. The van der Waals surface area contributed by atoms with Crippen molar-refractivity contribution in [2.75, 3.05) is 0 Å². The van der Waals surface area contributed by atoms with Crippen LogP contribution in [0.15, 0.2) is 49.1 Å². The molecule has 1 heterocycles. The average molecular weight is 506 g/mol. The minimum absolute atomic E-state index is 0.137. The van der Waals surface area contributed by atoms with Crippen LogP contribution in [0.5, 0.6) is 5.75 Å². The Hall–Kier alpha value is -3.68. The number of hydrogen-bond donors (Lipinski definition) is 1. The van der Waals surface area contributed by atoms with E-state index in [1.807, 2.05) is 36.4 Å². The average Bonchev–Trinajstić information content (AvgIpc) is 3.28. The number of benzene rings is 2. The Balaban J connectivity index is 1.37. The molecule has 196 valence electrons. The van der Waals surface area contributed by atoms with Crippen LogP contribution in [0, 0.1) is 0 Å². The van der Waals surface area contributed by atoms with E-state index >= 15 is 0 Å². The Labute approximate surface area is 217 Å². The third-order valence-corrected chi connectivity index (χ3v) is 6.69. The van der Waals surface area contributed by atoms with E-state index in [2.05, 4.69) is 37.5 Å². The molecule has 3 aromatic rings. The lowest BCUT2D eigenvalue weighted by molar-refractivity contribution is -0.155. The number of phenolic OH excluding ortho intramolecular Hbond substituents is 1. The van der Waals surface area contributed by atoms with Crippen LogP contribution in [0.4, 0.5) is 0 Å². The molecule has 0 saturated heterocycles. The van der Waals surface area contributed by atoms with Gasteiger partial charge >= 0.3 is 11.9 Å². The zero-order chi connectivity index (χ0) is 26.6. The van der Waals surface area contributed by atoms with Crippen molar-refractivity contribution in [3.05, 3.63) is 60.2 Å². The molecule has 0 atom stereocenters. The molecule has 0 bridgehead atoms. The molecular formula is C29H35N3O5. The van der Waals surface area contributed by atoms with Crippen molar-refractivity contribution in [3.8, 4) is 11.4 Å². The number of aromatic hydroxyl groups is 1. The Morgan fingerprint density at radius 1 is 1.03 bits per heavy atom. The smallest absolute Gasteiger partial charge is 0.330 e.